The van der Waals surface area contributed by atoms with Gasteiger partial charge < -0.3 is 19.9 Å². The minimum atomic E-state index is -1.16. The van der Waals surface area contributed by atoms with Gasteiger partial charge in [0, 0.05) is 13.5 Å². The summed E-state index contributed by atoms with van der Waals surface area (Å²) in [4.78, 5) is 50.1. The van der Waals surface area contributed by atoms with Crippen molar-refractivity contribution in [3.8, 4) is 0 Å². The first-order valence-electron chi connectivity index (χ1n) is 9.13. The van der Waals surface area contributed by atoms with Gasteiger partial charge in [-0.15, -0.1) is 0 Å². The van der Waals surface area contributed by atoms with Crippen LogP contribution >= 0.6 is 0 Å². The molecule has 0 aliphatic carbocycles. The smallest absolute Gasteiger partial charge is 0.414 e. The van der Waals surface area contributed by atoms with Gasteiger partial charge in [-0.25, -0.2) is 14.4 Å². The number of carboxylic acid groups (broad SMARTS) is 1. The minimum Gasteiger partial charge on any atom is -0.480 e. The Kier molecular flexibility index (Phi) is 10.1. The van der Waals surface area contributed by atoms with E-state index in [4.69, 9.17) is 14.6 Å². The highest BCUT2D eigenvalue weighted by Gasteiger charge is 2.21. The van der Waals surface area contributed by atoms with Crippen LogP contribution in [0.2, 0.25) is 0 Å². The number of ether oxygens (including phenoxy) is 2. The van der Waals surface area contributed by atoms with E-state index >= 15 is 0 Å². The quantitative estimate of drug-likeness (QED) is 0.292. The lowest BCUT2D eigenvalue weighted by molar-refractivity contribution is -0.141. The van der Waals surface area contributed by atoms with Crippen LogP contribution in [-0.4, -0.2) is 58.9 Å². The molecule has 0 aromatic heterocycles. The van der Waals surface area contributed by atoms with Crippen molar-refractivity contribution in [2.45, 2.75) is 78.6 Å². The number of alkyl carbamates (subject to hydrolysis) is 2. The standard InChI is InChI=1S/C18H32N4O7/c1-11(23)20-12(13(24)25)9-8-10-19-14(21-15(26)28-17(2,3)4)22-16(27)29-18(5,6)7/h12H,8-10H2,1-7H3,(H,20,23)(H,24,25)(H2,19,21,22,26,27). The molecule has 0 radical (unpaired) electrons. The Morgan fingerprint density at radius 2 is 1.38 bits per heavy atom. The first-order valence-corrected chi connectivity index (χ1v) is 9.13. The van der Waals surface area contributed by atoms with E-state index in [0.29, 0.717) is 0 Å². The highest BCUT2D eigenvalue weighted by Crippen LogP contribution is 2.08. The SMILES string of the molecule is CC(=O)NC(CCCN=C(NC(=O)OC(C)(C)C)NC(=O)OC(C)(C)C)C(=O)O. The van der Waals surface area contributed by atoms with Crippen molar-refractivity contribution in [2.75, 3.05) is 6.54 Å². The zero-order chi connectivity index (χ0) is 22.8. The molecule has 11 heteroatoms. The van der Waals surface area contributed by atoms with Gasteiger partial charge in [0.1, 0.15) is 17.2 Å². The Balaban J connectivity index is 5.01. The van der Waals surface area contributed by atoms with Crippen molar-refractivity contribution in [3.05, 3.63) is 0 Å². The summed E-state index contributed by atoms with van der Waals surface area (Å²) in [7, 11) is 0. The largest absolute Gasteiger partial charge is 0.480 e. The Hall–Kier alpha value is -2.85. The molecule has 29 heavy (non-hydrogen) atoms. The fourth-order valence-electron chi connectivity index (χ4n) is 1.90. The van der Waals surface area contributed by atoms with Gasteiger partial charge >= 0.3 is 18.2 Å². The number of nitrogens with one attached hydrogen (secondary N) is 3. The number of rotatable bonds is 6. The number of aliphatic carboxylic acids is 1. The molecule has 0 aliphatic rings. The maximum Gasteiger partial charge on any atom is 0.414 e. The molecule has 0 bridgehead atoms. The predicted octanol–water partition coefficient (Wildman–Crippen LogP) is 1.76. The Bertz CT molecular complexity index is 601. The predicted molar refractivity (Wildman–Crippen MR) is 106 cm³/mol. The summed E-state index contributed by atoms with van der Waals surface area (Å²) in [6, 6.07) is -1.05. The van der Waals surface area contributed by atoms with Gasteiger partial charge in [-0.3, -0.25) is 20.4 Å². The molecule has 0 spiro atoms. The van der Waals surface area contributed by atoms with E-state index in [1.807, 2.05) is 0 Å². The Morgan fingerprint density at radius 3 is 1.72 bits per heavy atom. The second kappa shape index (κ2) is 11.2. The summed E-state index contributed by atoms with van der Waals surface area (Å²) in [6.45, 7) is 11.4. The lowest BCUT2D eigenvalue weighted by Gasteiger charge is -2.22. The average Bonchev–Trinajstić information content (AvgIpc) is 2.45. The van der Waals surface area contributed by atoms with E-state index in [9.17, 15) is 19.2 Å². The maximum atomic E-state index is 12.0. The molecule has 11 nitrogen and oxygen atoms in total. The van der Waals surface area contributed by atoms with Gasteiger partial charge in [0.2, 0.25) is 11.9 Å². The lowest BCUT2D eigenvalue weighted by Crippen LogP contribution is -2.47. The molecule has 1 unspecified atom stereocenters. The van der Waals surface area contributed by atoms with Crippen LogP contribution in [0.15, 0.2) is 4.99 Å². The van der Waals surface area contributed by atoms with Gasteiger partial charge in [0.15, 0.2) is 0 Å². The molecular formula is C18H32N4O7. The normalized spacial score (nSPS) is 12.2. The number of carboxylic acids is 1. The molecule has 4 N–H and O–H groups in total. The van der Waals surface area contributed by atoms with E-state index < -0.39 is 41.3 Å². The number of hydrogen-bond donors (Lipinski definition) is 4. The molecule has 0 saturated carbocycles. The molecule has 1 atom stereocenters. The third-order valence-corrected chi connectivity index (χ3v) is 2.84. The Morgan fingerprint density at radius 1 is 0.931 bits per heavy atom. The zero-order valence-electron chi connectivity index (χ0n) is 18.0. The molecule has 3 amide bonds. The average molecular weight is 416 g/mol. The third-order valence-electron chi connectivity index (χ3n) is 2.84. The van der Waals surface area contributed by atoms with Crippen LogP contribution in [0.1, 0.15) is 61.3 Å². The van der Waals surface area contributed by atoms with Crippen LogP contribution in [0, 0.1) is 0 Å². The molecular weight excluding hydrogens is 384 g/mol. The van der Waals surface area contributed by atoms with Gasteiger partial charge in [-0.05, 0) is 54.4 Å². The summed E-state index contributed by atoms with van der Waals surface area (Å²) in [5.74, 6) is -1.82. The second-order valence-electron chi connectivity index (χ2n) is 8.22. The van der Waals surface area contributed by atoms with Crippen LogP contribution in [0.25, 0.3) is 0 Å². The Labute approximate surface area is 170 Å². The van der Waals surface area contributed by atoms with Crippen LogP contribution in [0.5, 0.6) is 0 Å². The molecule has 0 aromatic carbocycles. The zero-order valence-corrected chi connectivity index (χ0v) is 18.0. The summed E-state index contributed by atoms with van der Waals surface area (Å²) < 4.78 is 10.2. The summed E-state index contributed by atoms with van der Waals surface area (Å²) in [5, 5.41) is 16.1. The monoisotopic (exact) mass is 416 g/mol. The molecule has 0 fully saturated rings. The van der Waals surface area contributed by atoms with Gasteiger partial charge in [-0.1, -0.05) is 0 Å². The minimum absolute atomic E-state index is 0.0737. The molecule has 0 rings (SSSR count). The highest BCUT2D eigenvalue weighted by atomic mass is 16.6. The number of aliphatic imine (C=N–C) groups is 1. The third kappa shape index (κ3) is 14.8. The van der Waals surface area contributed by atoms with Crippen molar-refractivity contribution in [3.63, 3.8) is 0 Å². The molecule has 166 valence electrons. The molecule has 0 aromatic rings. The van der Waals surface area contributed by atoms with Crippen LogP contribution in [0.3, 0.4) is 0 Å². The maximum absolute atomic E-state index is 12.0. The number of carbonyl (C=O) groups excluding carboxylic acids is 3. The van der Waals surface area contributed by atoms with E-state index in [-0.39, 0.29) is 25.3 Å². The van der Waals surface area contributed by atoms with E-state index in [0.717, 1.165) is 0 Å². The fourth-order valence-corrected chi connectivity index (χ4v) is 1.90. The van der Waals surface area contributed by atoms with Crippen molar-refractivity contribution in [2.24, 2.45) is 4.99 Å². The summed E-state index contributed by atoms with van der Waals surface area (Å²) in [6.07, 6.45) is -1.26. The van der Waals surface area contributed by atoms with Gasteiger partial charge in [0.25, 0.3) is 0 Å². The first kappa shape index (κ1) is 26.1. The van der Waals surface area contributed by atoms with E-state index in [2.05, 4.69) is 20.9 Å². The van der Waals surface area contributed by atoms with Crippen molar-refractivity contribution in [1.82, 2.24) is 16.0 Å². The molecule has 0 aliphatic heterocycles. The summed E-state index contributed by atoms with van der Waals surface area (Å²) >= 11 is 0. The van der Waals surface area contributed by atoms with Crippen LogP contribution < -0.4 is 16.0 Å². The molecule has 0 saturated heterocycles. The van der Waals surface area contributed by atoms with Crippen molar-refractivity contribution in [1.29, 1.82) is 0 Å². The van der Waals surface area contributed by atoms with E-state index in [1.165, 1.54) is 6.92 Å². The number of nitrogens with zero attached hydrogens (tertiary/aromatic N) is 1. The van der Waals surface area contributed by atoms with Crippen LogP contribution in [0.4, 0.5) is 9.59 Å². The molecule has 0 heterocycles. The van der Waals surface area contributed by atoms with Gasteiger partial charge in [0.05, 0.1) is 0 Å². The first-order chi connectivity index (χ1) is 13.1. The summed E-state index contributed by atoms with van der Waals surface area (Å²) in [5.41, 5.74) is -1.51. The topological polar surface area (TPSA) is 155 Å². The van der Waals surface area contributed by atoms with Crippen molar-refractivity contribution < 1.29 is 33.8 Å². The van der Waals surface area contributed by atoms with Crippen LogP contribution in [-0.2, 0) is 19.1 Å². The van der Waals surface area contributed by atoms with E-state index in [1.54, 1.807) is 41.5 Å². The lowest BCUT2D eigenvalue weighted by atomic mass is 10.1. The number of hydrogen-bond acceptors (Lipinski definition) is 7. The number of amides is 3. The second-order valence-corrected chi connectivity index (χ2v) is 8.22. The fraction of sp³-hybridized carbons (Fsp3) is 0.722. The number of carbonyl (C=O) groups is 4. The van der Waals surface area contributed by atoms with Gasteiger partial charge in [-0.2, -0.15) is 0 Å². The highest BCUT2D eigenvalue weighted by molar-refractivity contribution is 6.01. The number of guanidine groups is 1. The van der Waals surface area contributed by atoms with Crippen molar-refractivity contribution >= 4 is 30.0 Å².